The predicted octanol–water partition coefficient (Wildman–Crippen LogP) is 5.20. The fourth-order valence-electron chi connectivity index (χ4n) is 2.37. The molecule has 0 saturated carbocycles. The zero-order valence-corrected chi connectivity index (χ0v) is 15.1. The summed E-state index contributed by atoms with van der Waals surface area (Å²) >= 11 is 12.1. The third-order valence-corrected chi connectivity index (χ3v) is 4.19. The lowest BCUT2D eigenvalue weighted by molar-refractivity contribution is -0.383. The number of hydrogen-bond acceptors (Lipinski definition) is 6. The number of hydrogen-bond donors (Lipinski definition) is 1. The van der Waals surface area contributed by atoms with Crippen LogP contribution in [0.3, 0.4) is 0 Å². The second-order valence-corrected chi connectivity index (χ2v) is 6.14. The van der Waals surface area contributed by atoms with Crippen LogP contribution in [-0.2, 0) is 0 Å². The van der Waals surface area contributed by atoms with Gasteiger partial charge < -0.3 is 10.2 Å². The van der Waals surface area contributed by atoms with Crippen molar-refractivity contribution in [1.82, 2.24) is 9.97 Å². The number of nitrogens with one attached hydrogen (secondary N) is 1. The second kappa shape index (κ2) is 7.55. The molecule has 1 N–H and O–H groups in total. The normalized spacial score (nSPS) is 10.4. The number of benzene rings is 2. The van der Waals surface area contributed by atoms with Gasteiger partial charge in [-0.1, -0.05) is 41.4 Å². The summed E-state index contributed by atoms with van der Waals surface area (Å²) in [5.41, 5.74) is 0.894. The number of para-hydroxylation sites is 1. The van der Waals surface area contributed by atoms with Gasteiger partial charge in [0.15, 0.2) is 0 Å². The van der Waals surface area contributed by atoms with Crippen LogP contribution in [0.1, 0.15) is 0 Å². The maximum Gasteiger partial charge on any atom is 0.354 e. The SMILES string of the molecule is CN(c1ccccc1)c1ncnc(Nc2cc(Cl)ccc2Cl)c1[N+](=O)[O-]. The van der Waals surface area contributed by atoms with Crippen LogP contribution in [0.25, 0.3) is 0 Å². The minimum atomic E-state index is -0.532. The summed E-state index contributed by atoms with van der Waals surface area (Å²) in [7, 11) is 1.70. The predicted molar refractivity (Wildman–Crippen MR) is 103 cm³/mol. The van der Waals surface area contributed by atoms with Gasteiger partial charge in [-0.05, 0) is 30.3 Å². The van der Waals surface area contributed by atoms with Crippen LogP contribution in [0.2, 0.25) is 10.0 Å². The minimum Gasteiger partial charge on any atom is -0.333 e. The molecular formula is C17H13Cl2N5O2. The molecule has 0 aliphatic carbocycles. The summed E-state index contributed by atoms with van der Waals surface area (Å²) in [5, 5.41) is 15.4. The van der Waals surface area contributed by atoms with E-state index in [0.29, 0.717) is 15.7 Å². The van der Waals surface area contributed by atoms with Gasteiger partial charge in [0.05, 0.1) is 15.6 Å². The number of rotatable bonds is 5. The van der Waals surface area contributed by atoms with Crippen molar-refractivity contribution >= 4 is 51.9 Å². The van der Waals surface area contributed by atoms with Gasteiger partial charge >= 0.3 is 5.69 Å². The first-order valence-electron chi connectivity index (χ1n) is 7.47. The zero-order chi connectivity index (χ0) is 18.7. The monoisotopic (exact) mass is 389 g/mol. The highest BCUT2D eigenvalue weighted by molar-refractivity contribution is 6.35. The van der Waals surface area contributed by atoms with Gasteiger partial charge in [0.2, 0.25) is 11.6 Å². The van der Waals surface area contributed by atoms with Gasteiger partial charge in [-0.3, -0.25) is 10.1 Å². The maximum absolute atomic E-state index is 11.7. The van der Waals surface area contributed by atoms with Crippen LogP contribution in [-0.4, -0.2) is 21.9 Å². The van der Waals surface area contributed by atoms with Crippen molar-refractivity contribution < 1.29 is 4.92 Å². The van der Waals surface area contributed by atoms with Gasteiger partial charge in [0.25, 0.3) is 0 Å². The highest BCUT2D eigenvalue weighted by atomic mass is 35.5. The zero-order valence-electron chi connectivity index (χ0n) is 13.6. The van der Waals surface area contributed by atoms with E-state index in [1.165, 1.54) is 6.33 Å². The molecule has 7 nitrogen and oxygen atoms in total. The fourth-order valence-corrected chi connectivity index (χ4v) is 2.71. The molecule has 1 aromatic heterocycles. The van der Waals surface area contributed by atoms with Crippen LogP contribution in [0.5, 0.6) is 0 Å². The summed E-state index contributed by atoms with van der Waals surface area (Å²) in [6.07, 6.45) is 1.25. The quantitative estimate of drug-likeness (QED) is 0.476. The van der Waals surface area contributed by atoms with Gasteiger partial charge in [-0.2, -0.15) is 0 Å². The molecule has 0 aliphatic heterocycles. The molecule has 1 heterocycles. The molecule has 0 amide bonds. The average Bonchev–Trinajstić information content (AvgIpc) is 2.64. The molecule has 26 heavy (non-hydrogen) atoms. The molecule has 3 aromatic rings. The Morgan fingerprint density at radius 2 is 1.85 bits per heavy atom. The maximum atomic E-state index is 11.7. The number of nitrogens with zero attached hydrogens (tertiary/aromatic N) is 4. The van der Waals surface area contributed by atoms with E-state index in [0.717, 1.165) is 5.69 Å². The molecule has 0 radical (unpaired) electrons. The lowest BCUT2D eigenvalue weighted by Crippen LogP contribution is -2.15. The summed E-state index contributed by atoms with van der Waals surface area (Å²) < 4.78 is 0. The standard InChI is InChI=1S/C17H13Cl2N5O2/c1-23(12-5-3-2-4-6-12)17-15(24(25)26)16(20-10-21-17)22-14-9-11(18)7-8-13(14)19/h2-10H,1H3,(H,20,21,22). The Morgan fingerprint density at radius 1 is 1.12 bits per heavy atom. The molecular weight excluding hydrogens is 377 g/mol. The first-order chi connectivity index (χ1) is 12.5. The number of nitro groups is 1. The number of aromatic nitrogens is 2. The molecule has 132 valence electrons. The van der Waals surface area contributed by atoms with E-state index < -0.39 is 4.92 Å². The Kier molecular flexibility index (Phi) is 5.20. The van der Waals surface area contributed by atoms with E-state index in [1.54, 1.807) is 30.1 Å². The van der Waals surface area contributed by atoms with Crippen LogP contribution < -0.4 is 10.2 Å². The summed E-state index contributed by atoms with van der Waals surface area (Å²) in [6.45, 7) is 0. The molecule has 2 aromatic carbocycles. The smallest absolute Gasteiger partial charge is 0.333 e. The van der Waals surface area contributed by atoms with E-state index in [4.69, 9.17) is 23.2 Å². The van der Waals surface area contributed by atoms with Crippen molar-refractivity contribution in [3.8, 4) is 0 Å². The summed E-state index contributed by atoms with van der Waals surface area (Å²) in [4.78, 5) is 20.9. The van der Waals surface area contributed by atoms with Crippen molar-refractivity contribution in [3.05, 3.63) is 75.0 Å². The Bertz CT molecular complexity index is 953. The second-order valence-electron chi connectivity index (χ2n) is 5.30. The lowest BCUT2D eigenvalue weighted by Gasteiger charge is -2.19. The van der Waals surface area contributed by atoms with Crippen molar-refractivity contribution in [2.45, 2.75) is 0 Å². The van der Waals surface area contributed by atoms with E-state index in [9.17, 15) is 10.1 Å². The van der Waals surface area contributed by atoms with Crippen molar-refractivity contribution in [3.63, 3.8) is 0 Å². The highest BCUT2D eigenvalue weighted by Gasteiger charge is 2.26. The molecule has 0 aliphatic rings. The number of halogens is 2. The van der Waals surface area contributed by atoms with Crippen molar-refractivity contribution in [1.29, 1.82) is 0 Å². The van der Waals surface area contributed by atoms with E-state index in [1.807, 2.05) is 30.3 Å². The average molecular weight is 390 g/mol. The molecule has 3 rings (SSSR count). The molecule has 0 bridgehead atoms. The Morgan fingerprint density at radius 3 is 2.54 bits per heavy atom. The topological polar surface area (TPSA) is 84.2 Å². The summed E-state index contributed by atoms with van der Waals surface area (Å²) in [6, 6.07) is 14.0. The summed E-state index contributed by atoms with van der Waals surface area (Å²) in [5.74, 6) is 0.170. The fraction of sp³-hybridized carbons (Fsp3) is 0.0588. The van der Waals surface area contributed by atoms with Crippen molar-refractivity contribution in [2.75, 3.05) is 17.3 Å². The van der Waals surface area contributed by atoms with E-state index in [2.05, 4.69) is 15.3 Å². The van der Waals surface area contributed by atoms with E-state index in [-0.39, 0.29) is 17.3 Å². The van der Waals surface area contributed by atoms with E-state index >= 15 is 0 Å². The molecule has 0 unspecified atom stereocenters. The van der Waals surface area contributed by atoms with Crippen molar-refractivity contribution in [2.24, 2.45) is 0 Å². The van der Waals surface area contributed by atoms with Gasteiger partial charge in [0, 0.05) is 17.8 Å². The number of anilines is 4. The minimum absolute atomic E-state index is 0.0203. The molecule has 0 atom stereocenters. The Balaban J connectivity index is 2.07. The Labute approximate surface area is 159 Å². The third kappa shape index (κ3) is 3.68. The molecule has 0 fully saturated rings. The third-order valence-electron chi connectivity index (χ3n) is 3.63. The van der Waals surface area contributed by atoms with Crippen LogP contribution in [0.4, 0.5) is 28.7 Å². The molecule has 9 heteroatoms. The van der Waals surface area contributed by atoms with Gasteiger partial charge in [-0.25, -0.2) is 9.97 Å². The first kappa shape index (κ1) is 17.9. The van der Waals surface area contributed by atoms with Gasteiger partial charge in [0.1, 0.15) is 6.33 Å². The largest absolute Gasteiger partial charge is 0.354 e. The Hall–Kier alpha value is -2.90. The van der Waals surface area contributed by atoms with Crippen LogP contribution in [0.15, 0.2) is 54.9 Å². The van der Waals surface area contributed by atoms with Crippen LogP contribution >= 0.6 is 23.2 Å². The molecule has 0 saturated heterocycles. The lowest BCUT2D eigenvalue weighted by atomic mass is 10.2. The molecule has 0 spiro atoms. The first-order valence-corrected chi connectivity index (χ1v) is 8.23. The highest BCUT2D eigenvalue weighted by Crippen LogP contribution is 2.37. The van der Waals surface area contributed by atoms with Gasteiger partial charge in [-0.15, -0.1) is 0 Å². The van der Waals surface area contributed by atoms with Crippen LogP contribution in [0, 0.1) is 10.1 Å².